The second kappa shape index (κ2) is 8.25. The summed E-state index contributed by atoms with van der Waals surface area (Å²) in [5.41, 5.74) is 0.520. The van der Waals surface area contributed by atoms with Crippen LogP contribution < -0.4 is 0 Å². The number of aliphatic hydroxyl groups is 2. The van der Waals surface area contributed by atoms with Crippen molar-refractivity contribution in [3.63, 3.8) is 0 Å². The quantitative estimate of drug-likeness (QED) is 0.783. The highest BCUT2D eigenvalue weighted by atomic mass is 19.3. The van der Waals surface area contributed by atoms with Gasteiger partial charge in [0.25, 0.3) is 12.3 Å². The number of halogens is 2. The van der Waals surface area contributed by atoms with Gasteiger partial charge in [-0.25, -0.2) is 8.78 Å². The van der Waals surface area contributed by atoms with Gasteiger partial charge in [0.15, 0.2) is 0 Å². The summed E-state index contributed by atoms with van der Waals surface area (Å²) in [6.45, 7) is -1.69. The Morgan fingerprint density at radius 2 is 2.00 bits per heavy atom. The van der Waals surface area contributed by atoms with E-state index in [1.807, 2.05) is 0 Å². The van der Waals surface area contributed by atoms with E-state index in [4.69, 9.17) is 10.2 Å². The maximum absolute atomic E-state index is 12.5. The Morgan fingerprint density at radius 1 is 1.30 bits per heavy atom. The Kier molecular flexibility index (Phi) is 6.64. The molecular formula is C14H15F2NO3. The number of amides is 1. The molecule has 0 aliphatic rings. The fraction of sp³-hybridized carbons (Fsp3) is 0.357. The predicted molar refractivity (Wildman–Crippen MR) is 69.4 cm³/mol. The average Bonchev–Trinajstić information content (AvgIpc) is 2.44. The summed E-state index contributed by atoms with van der Waals surface area (Å²) in [5.74, 6) is 4.38. The standard InChI is InChI=1S/C14H15F2NO3/c15-13(16)10-17(7-9-19)14(20)12-6-2-1-4-11(12)5-3-8-18/h1-2,4,6,13,18-19H,7-10H2. The monoisotopic (exact) mass is 283 g/mol. The lowest BCUT2D eigenvalue weighted by Crippen LogP contribution is -2.37. The molecule has 2 N–H and O–H groups in total. The molecule has 1 aromatic rings. The zero-order chi connectivity index (χ0) is 15.0. The highest BCUT2D eigenvalue weighted by Crippen LogP contribution is 2.12. The number of aliphatic hydroxyl groups excluding tert-OH is 2. The van der Waals surface area contributed by atoms with Crippen molar-refractivity contribution in [2.45, 2.75) is 6.43 Å². The van der Waals surface area contributed by atoms with E-state index in [0.29, 0.717) is 5.56 Å². The molecule has 6 heteroatoms. The molecule has 1 rings (SSSR count). The highest BCUT2D eigenvalue weighted by molar-refractivity contribution is 5.96. The maximum Gasteiger partial charge on any atom is 0.255 e. The third kappa shape index (κ3) is 4.61. The van der Waals surface area contributed by atoms with Crippen molar-refractivity contribution >= 4 is 5.91 Å². The largest absolute Gasteiger partial charge is 0.395 e. The molecule has 1 amide bonds. The number of hydrogen-bond acceptors (Lipinski definition) is 3. The van der Waals surface area contributed by atoms with E-state index < -0.39 is 25.5 Å². The summed E-state index contributed by atoms with van der Waals surface area (Å²) in [6, 6.07) is 6.29. The van der Waals surface area contributed by atoms with Gasteiger partial charge in [0, 0.05) is 12.1 Å². The molecule has 4 nitrogen and oxygen atoms in total. The van der Waals surface area contributed by atoms with Crippen molar-refractivity contribution < 1.29 is 23.8 Å². The summed E-state index contributed by atoms with van der Waals surface area (Å²) in [5, 5.41) is 17.5. The van der Waals surface area contributed by atoms with Gasteiger partial charge in [-0.05, 0) is 12.1 Å². The third-order valence-electron chi connectivity index (χ3n) is 2.48. The molecule has 0 saturated carbocycles. The van der Waals surface area contributed by atoms with Crippen LogP contribution in [-0.4, -0.2) is 53.7 Å². The first-order chi connectivity index (χ1) is 9.60. The minimum Gasteiger partial charge on any atom is -0.395 e. The van der Waals surface area contributed by atoms with Crippen molar-refractivity contribution in [2.24, 2.45) is 0 Å². The lowest BCUT2D eigenvalue weighted by atomic mass is 10.1. The van der Waals surface area contributed by atoms with Crippen LogP contribution in [0.1, 0.15) is 15.9 Å². The van der Waals surface area contributed by atoms with Gasteiger partial charge in [0.1, 0.15) is 6.61 Å². The molecule has 0 spiro atoms. The van der Waals surface area contributed by atoms with Crippen LogP contribution in [0.5, 0.6) is 0 Å². The van der Waals surface area contributed by atoms with E-state index in [1.54, 1.807) is 18.2 Å². The van der Waals surface area contributed by atoms with Crippen molar-refractivity contribution in [1.29, 1.82) is 0 Å². The van der Waals surface area contributed by atoms with Crippen LogP contribution in [0, 0.1) is 11.8 Å². The zero-order valence-electron chi connectivity index (χ0n) is 10.7. The fourth-order valence-electron chi connectivity index (χ4n) is 1.65. The smallest absolute Gasteiger partial charge is 0.255 e. The van der Waals surface area contributed by atoms with E-state index in [9.17, 15) is 13.6 Å². The molecule has 0 radical (unpaired) electrons. The van der Waals surface area contributed by atoms with E-state index in [0.717, 1.165) is 4.90 Å². The molecule has 0 saturated heterocycles. The highest BCUT2D eigenvalue weighted by Gasteiger charge is 2.20. The second-order valence-electron chi connectivity index (χ2n) is 3.87. The number of benzene rings is 1. The first kappa shape index (κ1) is 16.1. The molecule has 20 heavy (non-hydrogen) atoms. The van der Waals surface area contributed by atoms with Crippen LogP contribution >= 0.6 is 0 Å². The van der Waals surface area contributed by atoms with E-state index in [-0.39, 0.29) is 18.7 Å². The van der Waals surface area contributed by atoms with Gasteiger partial charge in [-0.3, -0.25) is 4.79 Å². The molecule has 0 heterocycles. The predicted octanol–water partition coefficient (Wildman–Crippen LogP) is 0.730. The molecule has 0 bridgehead atoms. The van der Waals surface area contributed by atoms with Gasteiger partial charge in [-0.1, -0.05) is 24.0 Å². The second-order valence-corrected chi connectivity index (χ2v) is 3.87. The number of alkyl halides is 2. The zero-order valence-corrected chi connectivity index (χ0v) is 10.7. The Bertz CT molecular complexity index is 509. The summed E-state index contributed by atoms with van der Waals surface area (Å²) in [4.78, 5) is 13.1. The van der Waals surface area contributed by atoms with Crippen molar-refractivity contribution in [3.8, 4) is 11.8 Å². The SMILES string of the molecule is O=C(c1ccccc1C#CCO)N(CCO)CC(F)F. The normalized spacial score (nSPS) is 10.1. The van der Waals surface area contributed by atoms with E-state index in [2.05, 4.69) is 11.8 Å². The van der Waals surface area contributed by atoms with Crippen LogP contribution in [0.4, 0.5) is 8.78 Å². The molecule has 0 aliphatic carbocycles. The van der Waals surface area contributed by atoms with E-state index in [1.165, 1.54) is 6.07 Å². The van der Waals surface area contributed by atoms with Crippen molar-refractivity contribution in [1.82, 2.24) is 4.90 Å². The molecule has 108 valence electrons. The third-order valence-corrected chi connectivity index (χ3v) is 2.48. The van der Waals surface area contributed by atoms with Gasteiger partial charge >= 0.3 is 0 Å². The fourth-order valence-corrected chi connectivity index (χ4v) is 1.65. The van der Waals surface area contributed by atoms with Gasteiger partial charge in [0.2, 0.25) is 0 Å². The molecule has 0 fully saturated rings. The lowest BCUT2D eigenvalue weighted by molar-refractivity contribution is 0.0509. The number of hydrogen-bond donors (Lipinski definition) is 2. The van der Waals surface area contributed by atoms with Gasteiger partial charge in [-0.2, -0.15) is 0 Å². The Labute approximate surface area is 115 Å². The van der Waals surface area contributed by atoms with Crippen molar-refractivity contribution in [2.75, 3.05) is 26.3 Å². The molecule has 0 aromatic heterocycles. The Hall–Kier alpha value is -1.97. The van der Waals surface area contributed by atoms with Crippen LogP contribution in [0.25, 0.3) is 0 Å². The number of carbonyl (C=O) groups excluding carboxylic acids is 1. The Balaban J connectivity index is 3.04. The topological polar surface area (TPSA) is 60.8 Å². The van der Waals surface area contributed by atoms with Gasteiger partial charge < -0.3 is 15.1 Å². The van der Waals surface area contributed by atoms with Crippen LogP contribution in [-0.2, 0) is 0 Å². The molecule has 0 unspecified atom stereocenters. The summed E-state index contributed by atoms with van der Waals surface area (Å²) >= 11 is 0. The summed E-state index contributed by atoms with van der Waals surface area (Å²) in [6.07, 6.45) is -2.68. The van der Waals surface area contributed by atoms with Crippen LogP contribution in [0.2, 0.25) is 0 Å². The summed E-state index contributed by atoms with van der Waals surface area (Å²) < 4.78 is 24.9. The maximum atomic E-state index is 12.5. The first-order valence-electron chi connectivity index (χ1n) is 5.97. The molecule has 1 aromatic carbocycles. The first-order valence-corrected chi connectivity index (χ1v) is 5.97. The van der Waals surface area contributed by atoms with Crippen LogP contribution in [0.3, 0.4) is 0 Å². The summed E-state index contributed by atoms with van der Waals surface area (Å²) in [7, 11) is 0. The molecule has 0 atom stereocenters. The average molecular weight is 283 g/mol. The lowest BCUT2D eigenvalue weighted by Gasteiger charge is -2.21. The van der Waals surface area contributed by atoms with E-state index >= 15 is 0 Å². The van der Waals surface area contributed by atoms with Crippen LogP contribution in [0.15, 0.2) is 24.3 Å². The number of nitrogens with zero attached hydrogens (tertiary/aromatic N) is 1. The Morgan fingerprint density at radius 3 is 2.60 bits per heavy atom. The van der Waals surface area contributed by atoms with Gasteiger partial charge in [0.05, 0.1) is 18.7 Å². The number of carbonyl (C=O) groups is 1. The molecular weight excluding hydrogens is 268 g/mol. The van der Waals surface area contributed by atoms with Crippen molar-refractivity contribution in [3.05, 3.63) is 35.4 Å². The van der Waals surface area contributed by atoms with Gasteiger partial charge in [-0.15, -0.1) is 0 Å². The molecule has 0 aliphatic heterocycles. The number of rotatable bonds is 5. The minimum absolute atomic E-state index is 0.169. The minimum atomic E-state index is -2.68.